The van der Waals surface area contributed by atoms with Gasteiger partial charge in [0.25, 0.3) is 5.56 Å². The molecule has 188 valence electrons. The molecule has 1 aliphatic rings. The van der Waals surface area contributed by atoms with E-state index in [9.17, 15) is 14.4 Å². The monoisotopic (exact) mass is 497 g/mol. The zero-order valence-electron chi connectivity index (χ0n) is 20.7. The summed E-state index contributed by atoms with van der Waals surface area (Å²) in [5.74, 6) is -0.0292. The number of anilines is 2. The van der Waals surface area contributed by atoms with Gasteiger partial charge in [0.1, 0.15) is 18.1 Å². The summed E-state index contributed by atoms with van der Waals surface area (Å²) in [5.41, 5.74) is 2.20. The average molecular weight is 498 g/mol. The summed E-state index contributed by atoms with van der Waals surface area (Å²) in [5, 5.41) is 3.72. The highest BCUT2D eigenvalue weighted by atomic mass is 16.5. The van der Waals surface area contributed by atoms with Crippen LogP contribution in [0.2, 0.25) is 0 Å². The minimum atomic E-state index is -0.470. The molecule has 0 spiro atoms. The Balaban J connectivity index is 1.40. The number of ketones is 1. The predicted molar refractivity (Wildman–Crippen MR) is 139 cm³/mol. The van der Waals surface area contributed by atoms with Crippen LogP contribution in [-0.2, 0) is 11.3 Å². The molecule has 1 saturated carbocycles. The van der Waals surface area contributed by atoms with E-state index >= 15 is 0 Å². The van der Waals surface area contributed by atoms with Crippen LogP contribution in [0, 0.1) is 6.92 Å². The van der Waals surface area contributed by atoms with Crippen molar-refractivity contribution in [3.8, 4) is 0 Å². The van der Waals surface area contributed by atoms with Gasteiger partial charge in [0, 0.05) is 23.8 Å². The van der Waals surface area contributed by atoms with Gasteiger partial charge in [0.2, 0.25) is 5.95 Å². The highest BCUT2D eigenvalue weighted by molar-refractivity contribution is 5.99. The first-order valence-electron chi connectivity index (χ1n) is 12.3. The predicted octanol–water partition coefficient (Wildman–Crippen LogP) is 4.91. The summed E-state index contributed by atoms with van der Waals surface area (Å²) in [4.78, 5) is 51.4. The van der Waals surface area contributed by atoms with Gasteiger partial charge in [-0.2, -0.15) is 4.98 Å². The third-order valence-electron chi connectivity index (χ3n) is 6.70. The quantitative estimate of drug-likeness (QED) is 0.283. The number of ether oxygens (including phenoxy) is 1. The van der Waals surface area contributed by atoms with Crippen LogP contribution >= 0.6 is 0 Å². The molecule has 3 aromatic heterocycles. The van der Waals surface area contributed by atoms with Crippen molar-refractivity contribution in [1.82, 2.24) is 19.5 Å². The standard InChI is InChI=1S/C28H27N5O4/c1-17-22-15-30-28(32-25(22)33(21-10-6-7-11-21)26(35)24(17)18(2)34)31-23-13-12-20(14-29-23)27(36)37-16-19-8-4-3-5-9-19/h3-5,8-9,12-15,21H,6-7,10-11,16H2,1-2H3,(H,29,30,31,32). The Labute approximate surface area is 213 Å². The van der Waals surface area contributed by atoms with Crippen LogP contribution in [0.1, 0.15) is 70.5 Å². The number of nitrogens with one attached hydrogen (secondary N) is 1. The van der Waals surface area contributed by atoms with Gasteiger partial charge in [-0.1, -0.05) is 43.2 Å². The number of carbonyl (C=O) groups is 2. The average Bonchev–Trinajstić information content (AvgIpc) is 3.42. The number of esters is 1. The maximum Gasteiger partial charge on any atom is 0.340 e. The van der Waals surface area contributed by atoms with Crippen molar-refractivity contribution >= 4 is 34.6 Å². The fraction of sp³-hybridized carbons (Fsp3) is 0.286. The number of pyridine rings is 2. The van der Waals surface area contributed by atoms with Crippen molar-refractivity contribution in [3.05, 3.63) is 87.5 Å². The summed E-state index contributed by atoms with van der Waals surface area (Å²) in [6, 6.07) is 12.7. The van der Waals surface area contributed by atoms with Crippen LogP contribution in [0.5, 0.6) is 0 Å². The summed E-state index contributed by atoms with van der Waals surface area (Å²) in [6.07, 6.45) is 6.85. The van der Waals surface area contributed by atoms with E-state index in [-0.39, 0.29) is 35.5 Å². The molecular weight excluding hydrogens is 470 g/mol. The molecule has 0 atom stereocenters. The first-order chi connectivity index (χ1) is 17.9. The van der Waals surface area contributed by atoms with E-state index in [0.29, 0.717) is 28.0 Å². The van der Waals surface area contributed by atoms with Crippen molar-refractivity contribution in [2.75, 3.05) is 5.32 Å². The molecule has 4 aromatic rings. The Bertz CT molecular complexity index is 1520. The zero-order chi connectivity index (χ0) is 25.9. The Kier molecular flexibility index (Phi) is 6.76. The Morgan fingerprint density at radius 3 is 2.49 bits per heavy atom. The van der Waals surface area contributed by atoms with Crippen LogP contribution in [0.4, 0.5) is 11.8 Å². The summed E-state index contributed by atoms with van der Waals surface area (Å²) >= 11 is 0. The number of hydrogen-bond donors (Lipinski definition) is 1. The second kappa shape index (κ2) is 10.3. The topological polar surface area (TPSA) is 116 Å². The molecule has 1 aromatic carbocycles. The van der Waals surface area contributed by atoms with Gasteiger partial charge in [-0.15, -0.1) is 0 Å². The fourth-order valence-electron chi connectivity index (χ4n) is 4.82. The number of carbonyl (C=O) groups excluding carboxylic acids is 2. The SMILES string of the molecule is CC(=O)c1c(C)c2cnc(Nc3ccc(C(=O)OCc4ccccc4)cn3)nc2n(C2CCCC2)c1=O. The smallest absolute Gasteiger partial charge is 0.340 e. The third kappa shape index (κ3) is 4.97. The number of hydrogen-bond acceptors (Lipinski definition) is 8. The number of rotatable bonds is 7. The van der Waals surface area contributed by atoms with Gasteiger partial charge in [-0.05, 0) is 49.9 Å². The summed E-state index contributed by atoms with van der Waals surface area (Å²) in [6.45, 7) is 3.35. The molecule has 37 heavy (non-hydrogen) atoms. The normalized spacial score (nSPS) is 13.6. The highest BCUT2D eigenvalue weighted by Gasteiger charge is 2.25. The number of nitrogens with zero attached hydrogens (tertiary/aromatic N) is 4. The van der Waals surface area contributed by atoms with Crippen LogP contribution in [-0.4, -0.2) is 31.3 Å². The largest absolute Gasteiger partial charge is 0.457 e. The molecule has 1 N–H and O–H groups in total. The minimum absolute atomic E-state index is 0.00393. The van der Waals surface area contributed by atoms with E-state index in [4.69, 9.17) is 4.74 Å². The first kappa shape index (κ1) is 24.3. The molecule has 0 unspecified atom stereocenters. The van der Waals surface area contributed by atoms with Crippen LogP contribution in [0.25, 0.3) is 11.0 Å². The van der Waals surface area contributed by atoms with Gasteiger partial charge < -0.3 is 10.1 Å². The molecule has 1 fully saturated rings. The van der Waals surface area contributed by atoms with E-state index in [0.717, 1.165) is 31.2 Å². The Morgan fingerprint density at radius 2 is 1.81 bits per heavy atom. The molecule has 0 radical (unpaired) electrons. The van der Waals surface area contributed by atoms with Crippen molar-refractivity contribution < 1.29 is 14.3 Å². The van der Waals surface area contributed by atoms with Gasteiger partial charge in [-0.3, -0.25) is 14.2 Å². The highest BCUT2D eigenvalue weighted by Crippen LogP contribution is 2.32. The third-order valence-corrected chi connectivity index (χ3v) is 6.70. The first-order valence-corrected chi connectivity index (χ1v) is 12.3. The molecule has 1 aliphatic carbocycles. The maximum atomic E-state index is 13.4. The molecule has 0 aliphatic heterocycles. The lowest BCUT2D eigenvalue weighted by molar-refractivity contribution is 0.0472. The van der Waals surface area contributed by atoms with Crippen molar-refractivity contribution in [3.63, 3.8) is 0 Å². The Morgan fingerprint density at radius 1 is 1.05 bits per heavy atom. The van der Waals surface area contributed by atoms with Gasteiger partial charge >= 0.3 is 5.97 Å². The lowest BCUT2D eigenvalue weighted by atomic mass is 10.0. The van der Waals surface area contributed by atoms with E-state index in [1.165, 1.54) is 13.1 Å². The van der Waals surface area contributed by atoms with E-state index in [1.54, 1.807) is 29.8 Å². The molecule has 5 rings (SSSR count). The number of Topliss-reactive ketones (excluding diaryl/α,β-unsaturated/α-hetero) is 1. The molecule has 3 heterocycles. The van der Waals surface area contributed by atoms with E-state index in [1.807, 2.05) is 30.3 Å². The van der Waals surface area contributed by atoms with Gasteiger partial charge in [0.05, 0.1) is 11.1 Å². The van der Waals surface area contributed by atoms with Crippen LogP contribution in [0.3, 0.4) is 0 Å². The van der Waals surface area contributed by atoms with Crippen molar-refractivity contribution in [1.29, 1.82) is 0 Å². The molecule has 9 heteroatoms. The zero-order valence-corrected chi connectivity index (χ0v) is 20.7. The molecule has 0 saturated heterocycles. The number of benzene rings is 1. The van der Waals surface area contributed by atoms with Gasteiger partial charge in [-0.25, -0.2) is 14.8 Å². The number of aromatic nitrogens is 4. The maximum absolute atomic E-state index is 13.4. The van der Waals surface area contributed by atoms with E-state index < -0.39 is 5.97 Å². The molecule has 0 amide bonds. The van der Waals surface area contributed by atoms with Crippen LogP contribution < -0.4 is 10.9 Å². The number of fused-ring (bicyclic) bond motifs is 1. The second-order valence-corrected chi connectivity index (χ2v) is 9.22. The molecular formula is C28H27N5O4. The summed E-state index contributed by atoms with van der Waals surface area (Å²) in [7, 11) is 0. The lowest BCUT2D eigenvalue weighted by Gasteiger charge is -2.19. The fourth-order valence-corrected chi connectivity index (χ4v) is 4.82. The molecule has 0 bridgehead atoms. The second-order valence-electron chi connectivity index (χ2n) is 9.22. The van der Waals surface area contributed by atoms with Crippen molar-refractivity contribution in [2.45, 2.75) is 52.2 Å². The van der Waals surface area contributed by atoms with E-state index in [2.05, 4.69) is 20.3 Å². The molecule has 9 nitrogen and oxygen atoms in total. The minimum Gasteiger partial charge on any atom is -0.457 e. The Hall–Kier alpha value is -4.40. The number of aryl methyl sites for hydroxylation is 1. The lowest BCUT2D eigenvalue weighted by Crippen LogP contribution is -2.30. The van der Waals surface area contributed by atoms with Crippen molar-refractivity contribution in [2.24, 2.45) is 0 Å². The van der Waals surface area contributed by atoms with Gasteiger partial charge in [0.15, 0.2) is 5.78 Å². The van der Waals surface area contributed by atoms with Crippen LogP contribution in [0.15, 0.2) is 59.7 Å². The summed E-state index contributed by atoms with van der Waals surface area (Å²) < 4.78 is 7.02.